The lowest BCUT2D eigenvalue weighted by Gasteiger charge is -2.28. The molecule has 3 aliphatic heterocycles. The molecule has 1 atom stereocenters. The Balaban J connectivity index is 1.20. The van der Waals surface area contributed by atoms with Crippen molar-refractivity contribution in [3.8, 4) is 11.1 Å². The molecule has 4 aromatic rings. The summed E-state index contributed by atoms with van der Waals surface area (Å²) in [6, 6.07) is 16.1. The number of nitrogens with zero attached hydrogens (tertiary/aromatic N) is 5. The van der Waals surface area contributed by atoms with Crippen LogP contribution in [0.4, 0.5) is 11.6 Å². The molecule has 2 aromatic heterocycles. The first kappa shape index (κ1) is 32.4. The summed E-state index contributed by atoms with van der Waals surface area (Å²) in [7, 11) is -1.50. The number of morpholine rings is 1. The predicted molar refractivity (Wildman–Crippen MR) is 184 cm³/mol. The first-order chi connectivity index (χ1) is 23.3. The van der Waals surface area contributed by atoms with E-state index in [1.54, 1.807) is 41.4 Å². The molecule has 48 heavy (non-hydrogen) atoms. The molecule has 3 aliphatic rings. The van der Waals surface area contributed by atoms with Crippen molar-refractivity contribution in [1.29, 1.82) is 0 Å². The zero-order chi connectivity index (χ0) is 33.3. The van der Waals surface area contributed by atoms with Crippen LogP contribution in [0.3, 0.4) is 0 Å². The lowest BCUT2D eigenvalue weighted by Crippen LogP contribution is -2.37. The number of ether oxygens (including phenoxy) is 1. The van der Waals surface area contributed by atoms with E-state index in [1.807, 2.05) is 31.3 Å². The number of aromatic nitrogens is 3. The predicted octanol–water partition coefficient (Wildman–Crippen LogP) is 3.35. The maximum absolute atomic E-state index is 14.1. The highest BCUT2D eigenvalue weighted by atomic mass is 32.2. The zero-order valence-corrected chi connectivity index (χ0v) is 27.9. The molecule has 5 heterocycles. The van der Waals surface area contributed by atoms with Gasteiger partial charge in [-0.1, -0.05) is 24.3 Å². The lowest BCUT2D eigenvalue weighted by atomic mass is 10.1. The smallest absolute Gasteiger partial charge is 0.260 e. The van der Waals surface area contributed by atoms with Gasteiger partial charge in [-0.15, -0.1) is 0 Å². The number of nitrogens with one attached hydrogen (secondary N) is 2. The van der Waals surface area contributed by atoms with Crippen molar-refractivity contribution in [2.75, 3.05) is 58.2 Å². The van der Waals surface area contributed by atoms with Crippen molar-refractivity contribution >= 4 is 38.4 Å². The van der Waals surface area contributed by atoms with Gasteiger partial charge in [0.2, 0.25) is 11.9 Å². The Kier molecular flexibility index (Phi) is 9.27. The molecule has 13 heteroatoms. The fourth-order valence-electron chi connectivity index (χ4n) is 6.78. The standard InChI is InChI=1S/C35H41N7O5S/c1-40-17-12-29(13-18-40)48(45,46)28-10-6-24(7-11-28)30-20-26-21-37-35(38-27-8-4-25(5-9-27)31-22-36-14-19-47-31)39-33(26)42(34(30)44)23-32(43)41-15-2-3-16-41/h4-11,20-21,29,31,36H,2-3,12-19,22-23H2,1H3,(H,37,38,39). The highest BCUT2D eigenvalue weighted by Gasteiger charge is 2.30. The number of rotatable bonds is 8. The summed E-state index contributed by atoms with van der Waals surface area (Å²) in [6.45, 7) is 4.94. The van der Waals surface area contributed by atoms with Crippen molar-refractivity contribution in [3.05, 3.63) is 76.7 Å². The molecular formula is C35H41N7O5S. The quantitative estimate of drug-likeness (QED) is 0.287. The molecule has 252 valence electrons. The minimum Gasteiger partial charge on any atom is -0.371 e. The van der Waals surface area contributed by atoms with Gasteiger partial charge in [0.15, 0.2) is 9.84 Å². The van der Waals surface area contributed by atoms with E-state index in [4.69, 9.17) is 9.72 Å². The highest BCUT2D eigenvalue weighted by Crippen LogP contribution is 2.28. The maximum atomic E-state index is 14.1. The van der Waals surface area contributed by atoms with Crippen LogP contribution in [0.1, 0.15) is 37.4 Å². The van der Waals surface area contributed by atoms with Crippen molar-refractivity contribution < 1.29 is 17.9 Å². The zero-order valence-electron chi connectivity index (χ0n) is 27.1. The lowest BCUT2D eigenvalue weighted by molar-refractivity contribution is -0.130. The van der Waals surface area contributed by atoms with E-state index < -0.39 is 15.1 Å². The Labute approximate surface area is 280 Å². The van der Waals surface area contributed by atoms with Gasteiger partial charge in [0.25, 0.3) is 5.56 Å². The molecule has 0 aliphatic carbocycles. The number of fused-ring (bicyclic) bond motifs is 1. The van der Waals surface area contributed by atoms with Gasteiger partial charge in [-0.05, 0) is 87.3 Å². The van der Waals surface area contributed by atoms with E-state index in [-0.39, 0.29) is 29.0 Å². The number of benzene rings is 2. The summed E-state index contributed by atoms with van der Waals surface area (Å²) in [5.74, 6) is 0.152. The molecule has 0 radical (unpaired) electrons. The first-order valence-electron chi connectivity index (χ1n) is 16.7. The van der Waals surface area contributed by atoms with Crippen molar-refractivity contribution in [3.63, 3.8) is 0 Å². The van der Waals surface area contributed by atoms with Crippen LogP contribution in [-0.2, 0) is 25.9 Å². The molecule has 12 nitrogen and oxygen atoms in total. The van der Waals surface area contributed by atoms with Crippen LogP contribution in [0, 0.1) is 0 Å². The van der Waals surface area contributed by atoms with Crippen LogP contribution in [0.5, 0.6) is 0 Å². The van der Waals surface area contributed by atoms with Crippen LogP contribution in [-0.4, -0.2) is 96.8 Å². The third kappa shape index (κ3) is 6.73. The largest absolute Gasteiger partial charge is 0.371 e. The minimum absolute atomic E-state index is 0.00118. The molecule has 1 unspecified atom stereocenters. The van der Waals surface area contributed by atoms with Crippen molar-refractivity contribution in [2.24, 2.45) is 0 Å². The Morgan fingerprint density at radius 3 is 2.44 bits per heavy atom. The summed E-state index contributed by atoms with van der Waals surface area (Å²) in [5.41, 5.74) is 2.71. The maximum Gasteiger partial charge on any atom is 0.260 e. The molecule has 1 amide bonds. The minimum atomic E-state index is -3.50. The number of piperidine rings is 1. The second-order valence-electron chi connectivity index (χ2n) is 12.9. The Bertz CT molecular complexity index is 1940. The van der Waals surface area contributed by atoms with Gasteiger partial charge in [0, 0.05) is 49.0 Å². The van der Waals surface area contributed by atoms with Gasteiger partial charge in [-0.25, -0.2) is 13.4 Å². The average Bonchev–Trinajstić information content (AvgIpc) is 3.66. The van der Waals surface area contributed by atoms with E-state index in [9.17, 15) is 18.0 Å². The number of likely N-dealkylation sites (tertiary alicyclic amines) is 2. The number of carbonyl (C=O) groups is 1. The van der Waals surface area contributed by atoms with E-state index in [0.717, 1.165) is 50.3 Å². The van der Waals surface area contributed by atoms with Crippen LogP contribution in [0.15, 0.2) is 70.5 Å². The van der Waals surface area contributed by atoms with Crippen LogP contribution < -0.4 is 16.2 Å². The first-order valence-corrected chi connectivity index (χ1v) is 18.2. The Morgan fingerprint density at radius 2 is 1.75 bits per heavy atom. The third-order valence-electron chi connectivity index (χ3n) is 9.64. The van der Waals surface area contributed by atoms with E-state index >= 15 is 0 Å². The molecule has 0 spiro atoms. The summed E-state index contributed by atoms with van der Waals surface area (Å²) in [5, 5.41) is 6.74. The highest BCUT2D eigenvalue weighted by molar-refractivity contribution is 7.92. The molecule has 0 saturated carbocycles. The third-order valence-corrected chi connectivity index (χ3v) is 11.9. The fraction of sp³-hybridized carbons (Fsp3) is 0.429. The second kappa shape index (κ2) is 13.7. The van der Waals surface area contributed by atoms with E-state index in [0.29, 0.717) is 60.6 Å². The number of anilines is 2. The average molecular weight is 672 g/mol. The summed E-state index contributed by atoms with van der Waals surface area (Å²) >= 11 is 0. The topological polar surface area (TPSA) is 139 Å². The molecule has 2 aromatic carbocycles. The Hall–Kier alpha value is -4.17. The van der Waals surface area contributed by atoms with Crippen LogP contribution in [0.25, 0.3) is 22.2 Å². The fourth-order valence-corrected chi connectivity index (χ4v) is 8.51. The monoisotopic (exact) mass is 671 g/mol. The molecule has 3 saturated heterocycles. The number of amides is 1. The SMILES string of the molecule is CN1CCC(S(=O)(=O)c2ccc(-c3cc4cnc(Nc5ccc(C6CNCCO6)cc5)nc4n(CC(=O)N4CCCC4)c3=O)cc2)CC1. The summed E-state index contributed by atoms with van der Waals surface area (Å²) in [6.07, 6.45) is 4.70. The number of hydrogen-bond donors (Lipinski definition) is 2. The van der Waals surface area contributed by atoms with Crippen molar-refractivity contribution in [2.45, 2.75) is 48.5 Å². The van der Waals surface area contributed by atoms with Gasteiger partial charge >= 0.3 is 0 Å². The van der Waals surface area contributed by atoms with Gasteiger partial charge in [0.05, 0.1) is 22.9 Å². The normalized spacial score (nSPS) is 19.5. The number of pyridine rings is 1. The molecule has 7 rings (SSSR count). The Morgan fingerprint density at radius 1 is 1.02 bits per heavy atom. The van der Waals surface area contributed by atoms with Crippen LogP contribution in [0.2, 0.25) is 0 Å². The van der Waals surface area contributed by atoms with Crippen molar-refractivity contribution in [1.82, 2.24) is 29.7 Å². The van der Waals surface area contributed by atoms with Gasteiger partial charge < -0.3 is 25.2 Å². The molecule has 2 N–H and O–H groups in total. The summed E-state index contributed by atoms with van der Waals surface area (Å²) < 4.78 is 34.0. The van der Waals surface area contributed by atoms with Gasteiger partial charge in [0.1, 0.15) is 12.2 Å². The number of carbonyl (C=O) groups excluding carboxylic acids is 1. The summed E-state index contributed by atoms with van der Waals surface area (Å²) in [4.78, 5) is 40.9. The van der Waals surface area contributed by atoms with E-state index in [1.165, 1.54) is 4.57 Å². The molecule has 3 fully saturated rings. The second-order valence-corrected chi connectivity index (χ2v) is 15.1. The number of sulfone groups is 1. The van der Waals surface area contributed by atoms with Gasteiger partial charge in [-0.2, -0.15) is 4.98 Å². The van der Waals surface area contributed by atoms with Crippen LogP contribution >= 0.6 is 0 Å². The van der Waals surface area contributed by atoms with E-state index in [2.05, 4.69) is 20.5 Å². The molecular weight excluding hydrogens is 630 g/mol. The number of hydrogen-bond acceptors (Lipinski definition) is 10. The molecule has 0 bridgehead atoms. The van der Waals surface area contributed by atoms with Gasteiger partial charge in [-0.3, -0.25) is 14.2 Å².